The molecule has 0 aromatic heterocycles. The van der Waals surface area contributed by atoms with Crippen molar-refractivity contribution in [2.45, 2.75) is 38.7 Å². The van der Waals surface area contributed by atoms with Crippen LogP contribution >= 0.6 is 0 Å². The van der Waals surface area contributed by atoms with Crippen molar-refractivity contribution >= 4 is 6.08 Å². The first-order chi connectivity index (χ1) is 8.11. The first kappa shape index (κ1) is 11.9. The third-order valence-electron chi connectivity index (χ3n) is 3.08. The van der Waals surface area contributed by atoms with Crippen molar-refractivity contribution in [1.82, 2.24) is 0 Å². The highest BCUT2D eigenvalue weighted by atomic mass is 16.5. The second-order valence-corrected chi connectivity index (χ2v) is 5.03. The fourth-order valence-corrected chi connectivity index (χ4v) is 2.10. The average Bonchev–Trinajstić information content (AvgIpc) is 2.29. The normalized spacial score (nSPS) is 16.6. The lowest BCUT2D eigenvalue weighted by Gasteiger charge is -2.32. The van der Waals surface area contributed by atoms with Gasteiger partial charge in [-0.25, -0.2) is 9.79 Å². The molecule has 0 amide bonds. The maximum Gasteiger partial charge on any atom is 0.234 e. The Morgan fingerprint density at radius 1 is 1.47 bits per heavy atom. The molecule has 0 spiro atoms. The van der Waals surface area contributed by atoms with E-state index in [4.69, 9.17) is 4.74 Å². The van der Waals surface area contributed by atoms with Crippen molar-refractivity contribution in [2.75, 3.05) is 6.54 Å². The van der Waals surface area contributed by atoms with Crippen LogP contribution in [-0.4, -0.2) is 18.2 Å². The quantitative estimate of drug-likeness (QED) is 0.592. The van der Waals surface area contributed by atoms with Gasteiger partial charge in [0.25, 0.3) is 0 Å². The molecule has 0 saturated heterocycles. The van der Waals surface area contributed by atoms with E-state index >= 15 is 0 Å². The molecule has 0 bridgehead atoms. The summed E-state index contributed by atoms with van der Waals surface area (Å²) >= 11 is 0. The Balaban J connectivity index is 2.13. The summed E-state index contributed by atoms with van der Waals surface area (Å²) in [6, 6.07) is 6.22. The van der Waals surface area contributed by atoms with Crippen LogP contribution in [0.15, 0.2) is 23.2 Å². The highest BCUT2D eigenvalue weighted by molar-refractivity contribution is 5.40. The molecule has 0 saturated carbocycles. The molecule has 1 aromatic rings. The summed E-state index contributed by atoms with van der Waals surface area (Å²) in [4.78, 5) is 13.6. The monoisotopic (exact) mass is 231 g/mol. The number of nitrogens with zero attached hydrogens (tertiary/aromatic N) is 1. The zero-order chi connectivity index (χ0) is 12.3. The number of ether oxygens (including phenoxy) is 1. The molecule has 0 N–H and O–H groups in total. The van der Waals surface area contributed by atoms with Crippen LogP contribution in [0.1, 0.15) is 31.4 Å². The Morgan fingerprint density at radius 3 is 3.06 bits per heavy atom. The Hall–Kier alpha value is -1.60. The van der Waals surface area contributed by atoms with Crippen LogP contribution in [0.5, 0.6) is 5.75 Å². The largest absolute Gasteiger partial charge is 0.488 e. The molecule has 0 aliphatic carbocycles. The zero-order valence-corrected chi connectivity index (χ0v) is 10.3. The van der Waals surface area contributed by atoms with E-state index < -0.39 is 0 Å². The van der Waals surface area contributed by atoms with Crippen LogP contribution in [0.3, 0.4) is 0 Å². The molecule has 0 fully saturated rings. The van der Waals surface area contributed by atoms with Crippen molar-refractivity contribution in [3.8, 4) is 5.75 Å². The SMILES string of the molecule is CC1(C)CCc2cc(CCN=C=O)ccc2O1. The average molecular weight is 231 g/mol. The summed E-state index contributed by atoms with van der Waals surface area (Å²) in [6.45, 7) is 4.74. The number of fused-ring (bicyclic) bond motifs is 1. The Labute approximate surface area is 102 Å². The summed E-state index contributed by atoms with van der Waals surface area (Å²) in [5.74, 6) is 0.990. The fraction of sp³-hybridized carbons (Fsp3) is 0.500. The van der Waals surface area contributed by atoms with Gasteiger partial charge in [-0.05, 0) is 50.3 Å². The van der Waals surface area contributed by atoms with Gasteiger partial charge in [0.2, 0.25) is 6.08 Å². The van der Waals surface area contributed by atoms with Crippen LogP contribution in [0.4, 0.5) is 0 Å². The maximum absolute atomic E-state index is 9.99. The van der Waals surface area contributed by atoms with E-state index in [-0.39, 0.29) is 5.60 Å². The fourth-order valence-electron chi connectivity index (χ4n) is 2.10. The van der Waals surface area contributed by atoms with Gasteiger partial charge in [-0.2, -0.15) is 0 Å². The summed E-state index contributed by atoms with van der Waals surface area (Å²) in [5.41, 5.74) is 2.40. The van der Waals surface area contributed by atoms with Gasteiger partial charge in [0.15, 0.2) is 0 Å². The number of hydrogen-bond donors (Lipinski definition) is 0. The lowest BCUT2D eigenvalue weighted by atomic mass is 9.93. The minimum atomic E-state index is -0.0592. The summed E-state index contributed by atoms with van der Waals surface area (Å²) in [6.07, 6.45) is 4.43. The molecular weight excluding hydrogens is 214 g/mol. The van der Waals surface area contributed by atoms with E-state index in [1.54, 1.807) is 6.08 Å². The predicted molar refractivity (Wildman–Crippen MR) is 66.2 cm³/mol. The van der Waals surface area contributed by atoms with E-state index in [1.807, 2.05) is 12.1 Å². The summed E-state index contributed by atoms with van der Waals surface area (Å²) in [5, 5.41) is 0. The van der Waals surface area contributed by atoms with E-state index in [1.165, 1.54) is 11.1 Å². The summed E-state index contributed by atoms with van der Waals surface area (Å²) in [7, 11) is 0. The molecule has 1 heterocycles. The molecule has 2 rings (SSSR count). The van der Waals surface area contributed by atoms with E-state index in [9.17, 15) is 4.79 Å². The third kappa shape index (κ3) is 2.95. The molecular formula is C14H17NO2. The molecule has 1 aliphatic heterocycles. The number of rotatable bonds is 3. The molecule has 90 valence electrons. The molecule has 0 radical (unpaired) electrons. The first-order valence-corrected chi connectivity index (χ1v) is 5.95. The molecule has 1 aliphatic rings. The van der Waals surface area contributed by atoms with Crippen LogP contribution in [-0.2, 0) is 17.6 Å². The Morgan fingerprint density at radius 2 is 2.29 bits per heavy atom. The van der Waals surface area contributed by atoms with Gasteiger partial charge in [-0.1, -0.05) is 12.1 Å². The van der Waals surface area contributed by atoms with Gasteiger partial charge in [0.05, 0.1) is 6.54 Å². The topological polar surface area (TPSA) is 38.7 Å². The summed E-state index contributed by atoms with van der Waals surface area (Å²) < 4.78 is 5.91. The van der Waals surface area contributed by atoms with Crippen molar-refractivity contribution in [3.63, 3.8) is 0 Å². The Kier molecular flexibility index (Phi) is 3.30. The number of aliphatic imine (C=N–C) groups is 1. The van der Waals surface area contributed by atoms with E-state index in [0.717, 1.165) is 25.0 Å². The van der Waals surface area contributed by atoms with Crippen molar-refractivity contribution in [2.24, 2.45) is 4.99 Å². The van der Waals surface area contributed by atoms with Gasteiger partial charge in [-0.15, -0.1) is 0 Å². The van der Waals surface area contributed by atoms with Crippen LogP contribution in [0, 0.1) is 0 Å². The molecule has 17 heavy (non-hydrogen) atoms. The molecule has 3 heteroatoms. The second-order valence-electron chi connectivity index (χ2n) is 5.03. The van der Waals surface area contributed by atoms with Gasteiger partial charge >= 0.3 is 0 Å². The predicted octanol–water partition coefficient (Wildman–Crippen LogP) is 2.67. The first-order valence-electron chi connectivity index (χ1n) is 5.95. The number of hydrogen-bond acceptors (Lipinski definition) is 3. The van der Waals surface area contributed by atoms with Crippen molar-refractivity contribution in [1.29, 1.82) is 0 Å². The second kappa shape index (κ2) is 4.72. The Bertz CT molecular complexity index is 459. The minimum Gasteiger partial charge on any atom is -0.488 e. The highest BCUT2D eigenvalue weighted by Gasteiger charge is 2.26. The standard InChI is InChI=1S/C14H17NO2/c1-14(2)7-5-12-9-11(6-8-15-10-16)3-4-13(12)17-14/h3-4,9H,5-8H2,1-2H3. The number of carbonyl (C=O) groups excluding carboxylic acids is 1. The van der Waals surface area contributed by atoms with Crippen LogP contribution < -0.4 is 4.74 Å². The molecule has 3 nitrogen and oxygen atoms in total. The van der Waals surface area contributed by atoms with Gasteiger partial charge in [0.1, 0.15) is 11.4 Å². The molecule has 0 unspecified atom stereocenters. The smallest absolute Gasteiger partial charge is 0.234 e. The van der Waals surface area contributed by atoms with Gasteiger partial charge in [0, 0.05) is 0 Å². The zero-order valence-electron chi connectivity index (χ0n) is 10.3. The van der Waals surface area contributed by atoms with Crippen LogP contribution in [0.2, 0.25) is 0 Å². The highest BCUT2D eigenvalue weighted by Crippen LogP contribution is 2.33. The van der Waals surface area contributed by atoms with E-state index in [2.05, 4.69) is 24.9 Å². The van der Waals surface area contributed by atoms with Gasteiger partial charge in [-0.3, -0.25) is 0 Å². The molecule has 0 atom stereocenters. The maximum atomic E-state index is 9.99. The lowest BCUT2D eigenvalue weighted by molar-refractivity contribution is 0.0846. The van der Waals surface area contributed by atoms with E-state index in [0.29, 0.717) is 6.54 Å². The number of benzene rings is 1. The molecule has 1 aromatic carbocycles. The van der Waals surface area contributed by atoms with Crippen molar-refractivity contribution in [3.05, 3.63) is 29.3 Å². The third-order valence-corrected chi connectivity index (χ3v) is 3.08. The number of isocyanates is 1. The van der Waals surface area contributed by atoms with Gasteiger partial charge < -0.3 is 4.74 Å². The lowest BCUT2D eigenvalue weighted by Crippen LogP contribution is -2.32. The van der Waals surface area contributed by atoms with Crippen molar-refractivity contribution < 1.29 is 9.53 Å². The van der Waals surface area contributed by atoms with Crippen LogP contribution in [0.25, 0.3) is 0 Å². The minimum absolute atomic E-state index is 0.0592. The number of aryl methyl sites for hydroxylation is 1.